The number of rotatable bonds is 7. The number of carbonyl (C=O) groups excluding carboxylic acids is 1. The average Bonchev–Trinajstić information content (AvgIpc) is 3.24. The van der Waals surface area contributed by atoms with E-state index in [9.17, 15) is 13.6 Å². The maximum Gasteiger partial charge on any atom is 0.246 e. The van der Waals surface area contributed by atoms with Crippen LogP contribution in [0.3, 0.4) is 0 Å². The third-order valence-corrected chi connectivity index (χ3v) is 4.26. The minimum Gasteiger partial charge on any atom is -0.376 e. The summed E-state index contributed by atoms with van der Waals surface area (Å²) in [5.74, 6) is -1.16. The Bertz CT molecular complexity index is 557. The van der Waals surface area contributed by atoms with Gasteiger partial charge >= 0.3 is 0 Å². The van der Waals surface area contributed by atoms with Gasteiger partial charge in [-0.25, -0.2) is 8.78 Å². The summed E-state index contributed by atoms with van der Waals surface area (Å²) in [4.78, 5) is 12.0. The van der Waals surface area contributed by atoms with Crippen LogP contribution < -0.4 is 5.32 Å². The van der Waals surface area contributed by atoms with Crippen LogP contribution >= 0.6 is 0 Å². The van der Waals surface area contributed by atoms with Crippen molar-refractivity contribution in [3.05, 3.63) is 35.4 Å². The van der Waals surface area contributed by atoms with E-state index in [2.05, 4.69) is 5.32 Å². The Balaban J connectivity index is 1.54. The molecule has 3 rings (SSSR count). The molecule has 0 spiro atoms. The Hall–Kier alpha value is -1.53. The van der Waals surface area contributed by atoms with Crippen molar-refractivity contribution < 1.29 is 23.0 Å². The third kappa shape index (κ3) is 4.48. The first kappa shape index (κ1) is 16.3. The molecule has 0 unspecified atom stereocenters. The van der Waals surface area contributed by atoms with Crippen molar-refractivity contribution in [1.29, 1.82) is 0 Å². The first-order chi connectivity index (χ1) is 11.1. The molecule has 2 atom stereocenters. The molecule has 1 aromatic carbocycles. The summed E-state index contributed by atoms with van der Waals surface area (Å²) in [6.07, 6.45) is 3.82. The fourth-order valence-electron chi connectivity index (χ4n) is 2.91. The van der Waals surface area contributed by atoms with Gasteiger partial charge in [0.1, 0.15) is 18.2 Å². The molecule has 1 N–H and O–H groups in total. The van der Waals surface area contributed by atoms with Gasteiger partial charge in [-0.2, -0.15) is 0 Å². The van der Waals surface area contributed by atoms with Crippen molar-refractivity contribution in [2.24, 2.45) is 5.92 Å². The quantitative estimate of drug-likeness (QED) is 0.838. The highest BCUT2D eigenvalue weighted by Crippen LogP contribution is 2.41. The van der Waals surface area contributed by atoms with Crippen molar-refractivity contribution >= 4 is 5.91 Å². The smallest absolute Gasteiger partial charge is 0.246 e. The second kappa shape index (κ2) is 7.36. The zero-order chi connectivity index (χ0) is 16.2. The lowest BCUT2D eigenvalue weighted by Gasteiger charge is -2.20. The number of carbonyl (C=O) groups is 1. The SMILES string of the molecule is O=C(COC[C@@H]1CCCO1)N[C@H](c1cc(F)ccc1F)C1CC1. The van der Waals surface area contributed by atoms with E-state index in [4.69, 9.17) is 9.47 Å². The predicted molar refractivity (Wildman–Crippen MR) is 79.8 cm³/mol. The van der Waals surface area contributed by atoms with E-state index in [0.717, 1.165) is 50.5 Å². The molecule has 23 heavy (non-hydrogen) atoms. The van der Waals surface area contributed by atoms with E-state index in [1.807, 2.05) is 0 Å². The summed E-state index contributed by atoms with van der Waals surface area (Å²) in [7, 11) is 0. The zero-order valence-electron chi connectivity index (χ0n) is 12.9. The molecule has 1 aliphatic heterocycles. The molecule has 126 valence electrons. The second-order valence-corrected chi connectivity index (χ2v) is 6.20. The van der Waals surface area contributed by atoms with Crippen LogP contribution in [0.2, 0.25) is 0 Å². The van der Waals surface area contributed by atoms with E-state index in [0.29, 0.717) is 6.61 Å². The summed E-state index contributed by atoms with van der Waals surface area (Å²) in [5.41, 5.74) is 0.208. The normalized spacial score (nSPS) is 22.1. The highest BCUT2D eigenvalue weighted by atomic mass is 19.1. The fraction of sp³-hybridized carbons (Fsp3) is 0.588. The summed E-state index contributed by atoms with van der Waals surface area (Å²) in [6, 6.07) is 2.84. The Kier molecular flexibility index (Phi) is 5.23. The van der Waals surface area contributed by atoms with E-state index in [1.165, 1.54) is 0 Å². The van der Waals surface area contributed by atoms with Gasteiger partial charge in [-0.3, -0.25) is 4.79 Å². The van der Waals surface area contributed by atoms with Crippen LogP contribution in [0.25, 0.3) is 0 Å². The van der Waals surface area contributed by atoms with E-state index in [-0.39, 0.29) is 30.1 Å². The standard InChI is InChI=1S/C17H21F2NO3/c18-12-5-6-15(19)14(8-12)17(11-3-4-11)20-16(21)10-22-9-13-2-1-7-23-13/h5-6,8,11,13,17H,1-4,7,9-10H2,(H,20,21)/t13-,17-/m0/s1. The van der Waals surface area contributed by atoms with Crippen molar-refractivity contribution in [1.82, 2.24) is 5.32 Å². The highest BCUT2D eigenvalue weighted by Gasteiger charge is 2.35. The zero-order valence-corrected chi connectivity index (χ0v) is 12.9. The van der Waals surface area contributed by atoms with Crippen LogP contribution in [-0.4, -0.2) is 31.8 Å². The largest absolute Gasteiger partial charge is 0.376 e. The highest BCUT2D eigenvalue weighted by molar-refractivity contribution is 5.77. The van der Waals surface area contributed by atoms with Gasteiger partial charge in [0.25, 0.3) is 0 Å². The molecular formula is C17H21F2NO3. The molecule has 6 heteroatoms. The summed E-state index contributed by atoms with van der Waals surface area (Å²) in [6.45, 7) is 1.03. The lowest BCUT2D eigenvalue weighted by atomic mass is 10.0. The maximum atomic E-state index is 13.9. The van der Waals surface area contributed by atoms with Crippen LogP contribution in [0.5, 0.6) is 0 Å². The van der Waals surface area contributed by atoms with Crippen LogP contribution in [0.1, 0.15) is 37.3 Å². The van der Waals surface area contributed by atoms with Crippen molar-refractivity contribution in [2.75, 3.05) is 19.8 Å². The lowest BCUT2D eigenvalue weighted by Crippen LogP contribution is -2.34. The number of hydrogen-bond donors (Lipinski definition) is 1. The molecule has 1 saturated heterocycles. The first-order valence-electron chi connectivity index (χ1n) is 8.07. The number of benzene rings is 1. The predicted octanol–water partition coefficient (Wildman–Crippen LogP) is 2.73. The second-order valence-electron chi connectivity index (χ2n) is 6.20. The number of hydrogen-bond acceptors (Lipinski definition) is 3. The molecule has 1 saturated carbocycles. The lowest BCUT2D eigenvalue weighted by molar-refractivity contribution is -0.127. The average molecular weight is 325 g/mol. The Labute approximate surface area is 134 Å². The maximum absolute atomic E-state index is 13.9. The number of halogens is 2. The van der Waals surface area contributed by atoms with Crippen LogP contribution in [-0.2, 0) is 14.3 Å². The molecule has 1 amide bonds. The van der Waals surface area contributed by atoms with Crippen molar-refractivity contribution in [2.45, 2.75) is 37.8 Å². The Morgan fingerprint density at radius 3 is 2.87 bits per heavy atom. The van der Waals surface area contributed by atoms with Gasteiger partial charge in [0.05, 0.1) is 18.8 Å². The van der Waals surface area contributed by atoms with Crippen LogP contribution in [0.4, 0.5) is 8.78 Å². The third-order valence-electron chi connectivity index (χ3n) is 4.26. The van der Waals surface area contributed by atoms with Gasteiger partial charge in [-0.1, -0.05) is 0 Å². The molecule has 2 aliphatic rings. The summed E-state index contributed by atoms with van der Waals surface area (Å²) < 4.78 is 38.1. The molecular weight excluding hydrogens is 304 g/mol. The van der Waals surface area contributed by atoms with Gasteiger partial charge in [0.2, 0.25) is 5.91 Å². The summed E-state index contributed by atoms with van der Waals surface area (Å²) >= 11 is 0. The molecule has 0 radical (unpaired) electrons. The topological polar surface area (TPSA) is 47.6 Å². The van der Waals surface area contributed by atoms with Gasteiger partial charge in [0, 0.05) is 12.2 Å². The minimum absolute atomic E-state index is 0.0580. The van der Waals surface area contributed by atoms with Gasteiger partial charge < -0.3 is 14.8 Å². The number of nitrogens with one attached hydrogen (secondary N) is 1. The van der Waals surface area contributed by atoms with E-state index in [1.54, 1.807) is 0 Å². The van der Waals surface area contributed by atoms with Gasteiger partial charge in [0.15, 0.2) is 0 Å². The molecule has 1 aromatic rings. The minimum atomic E-state index is -0.504. The monoisotopic (exact) mass is 325 g/mol. The van der Waals surface area contributed by atoms with Crippen LogP contribution in [0, 0.1) is 17.6 Å². The van der Waals surface area contributed by atoms with Gasteiger partial charge in [-0.15, -0.1) is 0 Å². The fourth-order valence-corrected chi connectivity index (χ4v) is 2.91. The van der Waals surface area contributed by atoms with E-state index < -0.39 is 17.7 Å². The Morgan fingerprint density at radius 2 is 2.17 bits per heavy atom. The molecule has 1 aliphatic carbocycles. The molecule has 0 aromatic heterocycles. The molecule has 2 fully saturated rings. The van der Waals surface area contributed by atoms with E-state index >= 15 is 0 Å². The van der Waals surface area contributed by atoms with Crippen molar-refractivity contribution in [3.63, 3.8) is 0 Å². The van der Waals surface area contributed by atoms with Crippen LogP contribution in [0.15, 0.2) is 18.2 Å². The Morgan fingerprint density at radius 1 is 1.35 bits per heavy atom. The first-order valence-corrected chi connectivity index (χ1v) is 8.07. The van der Waals surface area contributed by atoms with Gasteiger partial charge in [-0.05, 0) is 49.8 Å². The summed E-state index contributed by atoms with van der Waals surface area (Å²) in [5, 5.41) is 2.78. The molecule has 0 bridgehead atoms. The number of ether oxygens (including phenoxy) is 2. The molecule has 4 nitrogen and oxygen atoms in total. The number of amides is 1. The molecule has 1 heterocycles. The van der Waals surface area contributed by atoms with Crippen molar-refractivity contribution in [3.8, 4) is 0 Å².